The Morgan fingerprint density at radius 3 is 2.95 bits per heavy atom. The topological polar surface area (TPSA) is 72.2 Å². The third-order valence-corrected chi connectivity index (χ3v) is 4.71. The first-order chi connectivity index (χ1) is 10.1. The smallest absolute Gasteiger partial charge is 0.248 e. The Morgan fingerprint density at radius 1 is 1.38 bits per heavy atom. The van der Waals surface area contributed by atoms with Crippen LogP contribution in [0.3, 0.4) is 0 Å². The van der Waals surface area contributed by atoms with Crippen LogP contribution in [0, 0.1) is 5.92 Å². The Labute approximate surface area is 124 Å². The summed E-state index contributed by atoms with van der Waals surface area (Å²) < 4.78 is 0. The van der Waals surface area contributed by atoms with Crippen LogP contribution < -0.4 is 11.1 Å². The lowest BCUT2D eigenvalue weighted by atomic mass is 9.80. The average molecular weight is 284 g/mol. The molecule has 2 unspecified atom stereocenters. The van der Waals surface area contributed by atoms with E-state index in [4.69, 9.17) is 5.73 Å². The SMILES string of the molecule is CC1c2cc(C(N)=O)ccc2C=C2CC1CCCNC2=O. The highest BCUT2D eigenvalue weighted by atomic mass is 16.2. The van der Waals surface area contributed by atoms with Crippen LogP contribution in [-0.4, -0.2) is 18.4 Å². The highest BCUT2D eigenvalue weighted by Gasteiger charge is 2.29. The molecule has 1 aromatic rings. The quantitative estimate of drug-likeness (QED) is 0.830. The van der Waals surface area contributed by atoms with Crippen LogP contribution in [0.25, 0.3) is 6.08 Å². The van der Waals surface area contributed by atoms with Crippen LogP contribution >= 0.6 is 0 Å². The molecule has 2 aliphatic rings. The second-order valence-electron chi connectivity index (χ2n) is 6.03. The van der Waals surface area contributed by atoms with Crippen molar-refractivity contribution in [2.75, 3.05) is 6.54 Å². The molecule has 1 aliphatic carbocycles. The van der Waals surface area contributed by atoms with Crippen molar-refractivity contribution in [1.29, 1.82) is 0 Å². The van der Waals surface area contributed by atoms with Gasteiger partial charge < -0.3 is 11.1 Å². The molecule has 110 valence electrons. The number of carbonyl (C=O) groups is 2. The molecule has 1 aromatic carbocycles. The maximum Gasteiger partial charge on any atom is 0.248 e. The van der Waals surface area contributed by atoms with Crippen molar-refractivity contribution in [2.45, 2.75) is 32.1 Å². The predicted molar refractivity (Wildman–Crippen MR) is 81.7 cm³/mol. The number of hydrogen-bond acceptors (Lipinski definition) is 2. The van der Waals surface area contributed by atoms with Gasteiger partial charge in [-0.1, -0.05) is 13.0 Å². The number of benzene rings is 1. The zero-order valence-electron chi connectivity index (χ0n) is 12.2. The standard InChI is InChI=1S/C17H20N2O2/c1-10-11-3-2-6-19-17(21)14(7-11)8-12-4-5-13(16(18)20)9-15(10)12/h4-5,8-11H,2-3,6-7H2,1H3,(H2,18,20)(H,19,21). The van der Waals surface area contributed by atoms with Crippen LogP contribution in [0.5, 0.6) is 0 Å². The minimum Gasteiger partial charge on any atom is -0.366 e. The number of amides is 2. The number of nitrogens with two attached hydrogens (primary N) is 1. The maximum atomic E-state index is 12.2. The van der Waals surface area contributed by atoms with Gasteiger partial charge in [-0.25, -0.2) is 0 Å². The Bertz CT molecular complexity index is 634. The molecule has 4 nitrogen and oxygen atoms in total. The predicted octanol–water partition coefficient (Wildman–Crippen LogP) is 2.20. The van der Waals surface area contributed by atoms with Gasteiger partial charge in [0.25, 0.3) is 0 Å². The summed E-state index contributed by atoms with van der Waals surface area (Å²) in [5, 5.41) is 2.96. The summed E-state index contributed by atoms with van der Waals surface area (Å²) >= 11 is 0. The van der Waals surface area contributed by atoms with Crippen molar-refractivity contribution in [3.05, 3.63) is 40.5 Å². The van der Waals surface area contributed by atoms with Crippen LogP contribution in [0.15, 0.2) is 23.8 Å². The molecule has 2 amide bonds. The largest absolute Gasteiger partial charge is 0.366 e. The van der Waals surface area contributed by atoms with E-state index in [-0.39, 0.29) is 5.91 Å². The van der Waals surface area contributed by atoms with Crippen LogP contribution in [0.4, 0.5) is 0 Å². The van der Waals surface area contributed by atoms with Gasteiger partial charge in [-0.3, -0.25) is 9.59 Å². The molecule has 21 heavy (non-hydrogen) atoms. The molecule has 0 radical (unpaired) electrons. The maximum absolute atomic E-state index is 12.2. The zero-order valence-corrected chi connectivity index (χ0v) is 12.2. The molecule has 2 atom stereocenters. The van der Waals surface area contributed by atoms with E-state index >= 15 is 0 Å². The van der Waals surface area contributed by atoms with E-state index in [9.17, 15) is 9.59 Å². The van der Waals surface area contributed by atoms with Crippen LogP contribution in [-0.2, 0) is 4.79 Å². The molecule has 0 aromatic heterocycles. The van der Waals surface area contributed by atoms with Crippen molar-refractivity contribution in [1.82, 2.24) is 5.32 Å². The second-order valence-corrected chi connectivity index (χ2v) is 6.03. The lowest BCUT2D eigenvalue weighted by Crippen LogP contribution is -2.30. The van der Waals surface area contributed by atoms with E-state index in [1.54, 1.807) is 6.07 Å². The second kappa shape index (κ2) is 5.35. The fraction of sp³-hybridized carbons (Fsp3) is 0.412. The normalized spacial score (nSPS) is 24.8. The number of hydrogen-bond donors (Lipinski definition) is 2. The molecule has 1 saturated heterocycles. The van der Waals surface area contributed by atoms with Crippen molar-refractivity contribution in [2.24, 2.45) is 11.7 Å². The van der Waals surface area contributed by atoms with Gasteiger partial charge in [0.1, 0.15) is 0 Å². The molecule has 1 heterocycles. The number of rotatable bonds is 1. The number of fused-ring (bicyclic) bond motifs is 3. The van der Waals surface area contributed by atoms with Gasteiger partial charge in [-0.15, -0.1) is 0 Å². The van der Waals surface area contributed by atoms with Crippen LogP contribution in [0.1, 0.15) is 53.6 Å². The van der Waals surface area contributed by atoms with Crippen molar-refractivity contribution in [3.63, 3.8) is 0 Å². The summed E-state index contributed by atoms with van der Waals surface area (Å²) in [4.78, 5) is 23.6. The van der Waals surface area contributed by atoms with Gasteiger partial charge in [-0.05, 0) is 60.4 Å². The Morgan fingerprint density at radius 2 is 2.19 bits per heavy atom. The van der Waals surface area contributed by atoms with Gasteiger partial charge in [0.2, 0.25) is 11.8 Å². The molecular weight excluding hydrogens is 264 g/mol. The molecule has 4 heteroatoms. The Hall–Kier alpha value is -2.10. The van der Waals surface area contributed by atoms with Gasteiger partial charge in [0.05, 0.1) is 0 Å². The van der Waals surface area contributed by atoms with Gasteiger partial charge in [0.15, 0.2) is 0 Å². The minimum atomic E-state index is -0.406. The molecule has 2 bridgehead atoms. The summed E-state index contributed by atoms with van der Waals surface area (Å²) in [6.07, 6.45) is 4.85. The molecule has 3 rings (SSSR count). The number of carbonyl (C=O) groups excluding carboxylic acids is 2. The van der Waals surface area contributed by atoms with Gasteiger partial charge >= 0.3 is 0 Å². The summed E-state index contributed by atoms with van der Waals surface area (Å²) in [6.45, 7) is 2.92. The van der Waals surface area contributed by atoms with Gasteiger partial charge in [0, 0.05) is 17.7 Å². The molecule has 1 fully saturated rings. The highest BCUT2D eigenvalue weighted by Crippen LogP contribution is 2.39. The van der Waals surface area contributed by atoms with E-state index in [0.29, 0.717) is 17.4 Å². The lowest BCUT2D eigenvalue weighted by molar-refractivity contribution is -0.117. The third kappa shape index (κ3) is 2.58. The van der Waals surface area contributed by atoms with E-state index < -0.39 is 5.91 Å². The summed E-state index contributed by atoms with van der Waals surface area (Å²) in [7, 11) is 0. The summed E-state index contributed by atoms with van der Waals surface area (Å²) in [5.74, 6) is 0.390. The van der Waals surface area contributed by atoms with E-state index in [1.807, 2.05) is 18.2 Å². The van der Waals surface area contributed by atoms with E-state index in [0.717, 1.165) is 42.5 Å². The van der Waals surface area contributed by atoms with Crippen molar-refractivity contribution in [3.8, 4) is 0 Å². The van der Waals surface area contributed by atoms with E-state index in [1.165, 1.54) is 0 Å². The van der Waals surface area contributed by atoms with Crippen LogP contribution in [0.2, 0.25) is 0 Å². The molecule has 1 aliphatic heterocycles. The Balaban J connectivity index is 2.11. The molecule has 0 spiro atoms. The number of nitrogens with one attached hydrogen (secondary N) is 1. The minimum absolute atomic E-state index is 0.0405. The first-order valence-corrected chi connectivity index (χ1v) is 7.49. The third-order valence-electron chi connectivity index (χ3n) is 4.71. The van der Waals surface area contributed by atoms with Gasteiger partial charge in [-0.2, -0.15) is 0 Å². The van der Waals surface area contributed by atoms with Crippen molar-refractivity contribution < 1.29 is 9.59 Å². The summed E-state index contributed by atoms with van der Waals surface area (Å²) in [6, 6.07) is 5.53. The Kier molecular flexibility index (Phi) is 3.53. The lowest BCUT2D eigenvalue weighted by Gasteiger charge is -2.26. The first-order valence-electron chi connectivity index (χ1n) is 7.49. The van der Waals surface area contributed by atoms with E-state index in [2.05, 4.69) is 12.2 Å². The fourth-order valence-electron chi connectivity index (χ4n) is 3.40. The first kappa shape index (κ1) is 13.9. The van der Waals surface area contributed by atoms with Crippen molar-refractivity contribution >= 4 is 17.9 Å². The molecule has 0 saturated carbocycles. The summed E-state index contributed by atoms with van der Waals surface area (Å²) in [5.41, 5.74) is 8.93. The fourth-order valence-corrected chi connectivity index (χ4v) is 3.40. The zero-order chi connectivity index (χ0) is 15.0. The monoisotopic (exact) mass is 284 g/mol. The highest BCUT2D eigenvalue weighted by molar-refractivity contribution is 5.99. The molecule has 3 N–H and O–H groups in total. The average Bonchev–Trinajstić information content (AvgIpc) is 2.60. The number of primary amides is 1. The molecular formula is C17H20N2O2.